The smallest absolute Gasteiger partial charge is 0.548 e. The van der Waals surface area contributed by atoms with Crippen molar-refractivity contribution >= 4 is 73.1 Å². The first-order valence-corrected chi connectivity index (χ1v) is 20.7. The van der Waals surface area contributed by atoms with Gasteiger partial charge in [0.1, 0.15) is 41.5 Å². The summed E-state index contributed by atoms with van der Waals surface area (Å²) in [5.41, 5.74) is -1.09. The van der Waals surface area contributed by atoms with Gasteiger partial charge in [0.2, 0.25) is 17.7 Å². The quantitative estimate of drug-likeness (QED) is 0.168. The van der Waals surface area contributed by atoms with Gasteiger partial charge >= 0.3 is 35.7 Å². The molecule has 6 rings (SSSR count). The average Bonchev–Trinajstić information content (AvgIpc) is 3.57. The maximum atomic E-state index is 14.6. The number of pyridine rings is 1. The van der Waals surface area contributed by atoms with E-state index in [0.717, 1.165) is 25.7 Å². The van der Waals surface area contributed by atoms with E-state index in [1.807, 2.05) is 0 Å². The van der Waals surface area contributed by atoms with Crippen LogP contribution in [0.4, 0.5) is 9.93 Å². The number of alkyl carbamates (subject to hydrolysis) is 1. The van der Waals surface area contributed by atoms with Gasteiger partial charge in [0.15, 0.2) is 5.13 Å². The Balaban J connectivity index is 0.00000641. The molecule has 5 atom stereocenters. The molecule has 1 saturated heterocycles. The number of likely N-dealkylation sites (tertiary alicyclic amines) is 1. The zero-order chi connectivity index (χ0) is 41.4. The number of benzene rings is 1. The van der Waals surface area contributed by atoms with Gasteiger partial charge in [-0.05, 0) is 65.6 Å². The Kier molecular flexibility index (Phi) is 14.2. The zero-order valence-electron chi connectivity index (χ0n) is 33.8. The van der Waals surface area contributed by atoms with Crippen LogP contribution >= 0.6 is 27.3 Å². The Bertz CT molecular complexity index is 2090. The van der Waals surface area contributed by atoms with Gasteiger partial charge in [0, 0.05) is 35.1 Å². The fourth-order valence-electron chi connectivity index (χ4n) is 7.28. The molecular weight excluding hydrogens is 843 g/mol. The number of amides is 4. The van der Waals surface area contributed by atoms with Gasteiger partial charge in [-0.2, -0.15) is 0 Å². The molecule has 18 heteroatoms. The predicted octanol–water partition coefficient (Wildman–Crippen LogP) is 1.97. The molecule has 1 aromatic carbocycles. The minimum Gasteiger partial charge on any atom is -0.548 e. The molecule has 2 aromatic heterocycles. The number of carboxylic acid groups (broad SMARTS) is 1. The van der Waals surface area contributed by atoms with Crippen molar-refractivity contribution < 1.29 is 72.8 Å². The van der Waals surface area contributed by atoms with E-state index < -0.39 is 58.9 Å². The number of nitrogens with zero attached hydrogens (tertiary/aromatic N) is 3. The van der Waals surface area contributed by atoms with E-state index in [9.17, 15) is 29.1 Å². The van der Waals surface area contributed by atoms with Gasteiger partial charge in [0.25, 0.3) is 0 Å². The number of carbonyl (C=O) groups is 5. The van der Waals surface area contributed by atoms with Crippen LogP contribution in [0.1, 0.15) is 73.1 Å². The molecule has 0 spiro atoms. The molecule has 2 saturated carbocycles. The van der Waals surface area contributed by atoms with E-state index in [2.05, 4.69) is 43.4 Å². The second-order valence-corrected chi connectivity index (χ2v) is 17.8. The first-order valence-electron chi connectivity index (χ1n) is 19.0. The van der Waals surface area contributed by atoms with Crippen molar-refractivity contribution in [2.75, 3.05) is 19.0 Å². The van der Waals surface area contributed by atoms with Crippen molar-refractivity contribution in [3.63, 3.8) is 0 Å². The van der Waals surface area contributed by atoms with Crippen molar-refractivity contribution in [2.24, 2.45) is 17.3 Å². The van der Waals surface area contributed by atoms with Crippen LogP contribution in [0.25, 0.3) is 22.3 Å². The second-order valence-electron chi connectivity index (χ2n) is 16.2. The summed E-state index contributed by atoms with van der Waals surface area (Å²) in [6, 6.07) is 2.95. The number of nitrogens with one attached hydrogen (secondary N) is 3. The molecule has 58 heavy (non-hydrogen) atoms. The van der Waals surface area contributed by atoms with Crippen LogP contribution in [0, 0.1) is 17.3 Å². The number of aliphatic carboxylic acids is 1. The number of fused-ring (bicyclic) bond motifs is 1. The Labute approximate surface area is 371 Å². The molecule has 0 unspecified atom stereocenters. The fraction of sp³-hybridized carbons (Fsp3) is 0.525. The van der Waals surface area contributed by atoms with Gasteiger partial charge in [0.05, 0.1) is 40.8 Å². The molecule has 306 valence electrons. The molecule has 3 N–H and O–H groups in total. The standard InChI is InChI=1S/C40H49BrN6O9S.Na/c1-8-21-17-40(21,36(51)52)46-34(49)27-15-23(18-47(27)35(50)32(39(4,5)6)44-38(53)56-22-11-9-10-12-22)55-29-16-25(26-19-57-37(43-26)45-33(48)20(2)3)42-31-24(29)13-14-28(54-7)30(31)41;/h8,13-14,16,19-23,27,32H,1,9-12,15,17-18H2,2-7H3,(H,44,53)(H,46,49)(H,51,52)(H,43,45,48);/q;+1/p-1/t21-,23-,27+,32-,40-;/m0./s1. The summed E-state index contributed by atoms with van der Waals surface area (Å²) in [6.07, 6.45) is 3.19. The first kappa shape index (κ1) is 45.3. The van der Waals surface area contributed by atoms with Crippen LogP contribution in [0.2, 0.25) is 0 Å². The molecule has 2 aliphatic carbocycles. The van der Waals surface area contributed by atoms with Crippen molar-refractivity contribution in [2.45, 2.75) is 103 Å². The second kappa shape index (κ2) is 18.2. The SMILES string of the molecule is C=C[C@H]1C[C@@]1(NC(=O)[C@H]1C[C@H](Oc2cc(-c3csc(NC(=O)C(C)C)n3)nc3c(Br)c(OC)ccc23)CN1C(=O)[C@H](NC(=O)OC1CCCC1)C(C)(C)C)C(=O)[O-].[Na+]. The van der Waals surface area contributed by atoms with E-state index in [0.29, 0.717) is 43.4 Å². The van der Waals surface area contributed by atoms with Crippen LogP contribution < -0.4 is 60.1 Å². The van der Waals surface area contributed by atoms with Gasteiger partial charge in [-0.1, -0.05) is 40.7 Å². The summed E-state index contributed by atoms with van der Waals surface area (Å²) in [4.78, 5) is 77.3. The van der Waals surface area contributed by atoms with Gasteiger partial charge < -0.3 is 45.0 Å². The molecule has 1 aliphatic heterocycles. The third-order valence-electron chi connectivity index (χ3n) is 10.7. The third-order valence-corrected chi connectivity index (χ3v) is 12.2. The Morgan fingerprint density at radius 3 is 2.40 bits per heavy atom. The topological polar surface area (TPSA) is 201 Å². The van der Waals surface area contributed by atoms with Gasteiger partial charge in [-0.3, -0.25) is 14.4 Å². The van der Waals surface area contributed by atoms with Crippen molar-refractivity contribution in [3.05, 3.63) is 40.7 Å². The number of methoxy groups -OCH3 is 1. The zero-order valence-corrected chi connectivity index (χ0v) is 38.2. The molecule has 3 fully saturated rings. The van der Waals surface area contributed by atoms with E-state index >= 15 is 0 Å². The number of rotatable bonds is 13. The molecular formula is C40H48BrN6NaO9S. The Morgan fingerprint density at radius 2 is 1.79 bits per heavy atom. The summed E-state index contributed by atoms with van der Waals surface area (Å²) in [7, 11) is 1.53. The number of carbonyl (C=O) groups excluding carboxylic acids is 5. The van der Waals surface area contributed by atoms with E-state index in [1.54, 1.807) is 58.2 Å². The number of hydrogen-bond donors (Lipinski definition) is 3. The molecule has 15 nitrogen and oxygen atoms in total. The number of hydrogen-bond acceptors (Lipinski definition) is 12. The number of aromatic nitrogens is 2. The van der Waals surface area contributed by atoms with Crippen LogP contribution in [-0.2, 0) is 23.9 Å². The predicted molar refractivity (Wildman–Crippen MR) is 214 cm³/mol. The van der Waals surface area contributed by atoms with Gasteiger partial charge in [-0.25, -0.2) is 14.8 Å². The van der Waals surface area contributed by atoms with Crippen molar-refractivity contribution in [1.29, 1.82) is 0 Å². The van der Waals surface area contributed by atoms with E-state index in [-0.39, 0.29) is 66.9 Å². The first-order chi connectivity index (χ1) is 26.9. The summed E-state index contributed by atoms with van der Waals surface area (Å²) in [6.45, 7) is 12.6. The average molecular weight is 892 g/mol. The Morgan fingerprint density at radius 1 is 1.09 bits per heavy atom. The van der Waals surface area contributed by atoms with Crippen LogP contribution in [-0.4, -0.2) is 88.1 Å². The normalized spacial score (nSPS) is 22.1. The largest absolute Gasteiger partial charge is 1.00 e. The minimum absolute atomic E-state index is 0. The van der Waals surface area contributed by atoms with Crippen LogP contribution in [0.5, 0.6) is 11.5 Å². The maximum Gasteiger partial charge on any atom is 1.00 e. The molecule has 3 aliphatic rings. The van der Waals surface area contributed by atoms with Crippen LogP contribution in [0.15, 0.2) is 40.7 Å². The summed E-state index contributed by atoms with van der Waals surface area (Å²) in [5.74, 6) is -2.79. The molecule has 0 bridgehead atoms. The number of halogens is 1. The summed E-state index contributed by atoms with van der Waals surface area (Å²) >= 11 is 4.86. The number of thiazole rings is 1. The molecule has 4 amide bonds. The fourth-order valence-corrected chi connectivity index (χ4v) is 8.58. The van der Waals surface area contributed by atoms with E-state index in [1.165, 1.54) is 29.4 Å². The molecule has 0 radical (unpaired) electrons. The molecule has 3 aromatic rings. The van der Waals surface area contributed by atoms with E-state index in [4.69, 9.17) is 19.2 Å². The third kappa shape index (κ3) is 9.64. The van der Waals surface area contributed by atoms with Gasteiger partial charge in [-0.15, -0.1) is 17.9 Å². The van der Waals surface area contributed by atoms with Crippen molar-refractivity contribution in [3.8, 4) is 22.9 Å². The summed E-state index contributed by atoms with van der Waals surface area (Å²) < 4.78 is 18.4. The number of carboxylic acids is 1. The maximum absolute atomic E-state index is 14.6. The van der Waals surface area contributed by atoms with Crippen molar-refractivity contribution in [1.82, 2.24) is 25.5 Å². The monoisotopic (exact) mass is 890 g/mol. The van der Waals surface area contributed by atoms with Crippen LogP contribution in [0.3, 0.4) is 0 Å². The number of ether oxygens (including phenoxy) is 3. The number of anilines is 1. The molecule has 3 heterocycles. The Hall–Kier alpha value is -3.77. The summed E-state index contributed by atoms with van der Waals surface area (Å²) in [5, 5.41) is 23.2. The minimum atomic E-state index is -1.65.